The highest BCUT2D eigenvalue weighted by Gasteiger charge is 2.33. The average molecular weight is 370 g/mol. The van der Waals surface area contributed by atoms with Gasteiger partial charge in [-0.3, -0.25) is 4.79 Å². The van der Waals surface area contributed by atoms with Gasteiger partial charge in [0, 0.05) is 37.5 Å². The van der Waals surface area contributed by atoms with E-state index in [-0.39, 0.29) is 11.8 Å². The normalized spacial score (nSPS) is 19.5. The smallest absolute Gasteiger partial charge is 0.291 e. The van der Waals surface area contributed by atoms with Crippen molar-refractivity contribution in [2.24, 2.45) is 0 Å². The van der Waals surface area contributed by atoms with E-state index in [2.05, 4.69) is 16.3 Å². The van der Waals surface area contributed by atoms with Crippen LogP contribution in [0.4, 0.5) is 0 Å². The molecule has 7 heteroatoms. The summed E-state index contributed by atoms with van der Waals surface area (Å²) in [7, 11) is 3.30. The molecule has 7 nitrogen and oxygen atoms in total. The topological polar surface area (TPSA) is 69.5 Å². The van der Waals surface area contributed by atoms with E-state index in [9.17, 15) is 4.79 Å². The Morgan fingerprint density at radius 2 is 2.00 bits per heavy atom. The molecule has 0 saturated carbocycles. The first-order chi connectivity index (χ1) is 13.2. The van der Waals surface area contributed by atoms with Gasteiger partial charge >= 0.3 is 0 Å². The van der Waals surface area contributed by atoms with Gasteiger partial charge in [0.2, 0.25) is 5.82 Å². The lowest BCUT2D eigenvalue weighted by Gasteiger charge is -2.19. The molecule has 1 fully saturated rings. The van der Waals surface area contributed by atoms with Gasteiger partial charge in [-0.2, -0.15) is 0 Å². The fourth-order valence-corrected chi connectivity index (χ4v) is 4.22. The first-order valence-electron chi connectivity index (χ1n) is 9.65. The van der Waals surface area contributed by atoms with Gasteiger partial charge in [-0.25, -0.2) is 0 Å². The number of hydrogen-bond donors (Lipinski definition) is 0. The summed E-state index contributed by atoms with van der Waals surface area (Å²) in [6.07, 6.45) is 5.18. The number of carbonyl (C=O) groups excluding carboxylic acids is 1. The van der Waals surface area contributed by atoms with E-state index in [1.54, 1.807) is 14.2 Å². The Bertz CT molecular complexity index is 833. The van der Waals surface area contributed by atoms with E-state index in [0.29, 0.717) is 18.9 Å². The quantitative estimate of drug-likeness (QED) is 0.828. The van der Waals surface area contributed by atoms with E-state index in [1.807, 2.05) is 21.6 Å². The van der Waals surface area contributed by atoms with Crippen molar-refractivity contribution in [3.05, 3.63) is 35.4 Å². The van der Waals surface area contributed by atoms with Crippen LogP contribution >= 0.6 is 0 Å². The van der Waals surface area contributed by atoms with Gasteiger partial charge in [0.25, 0.3) is 5.91 Å². The Kier molecular flexibility index (Phi) is 5.01. The second-order valence-corrected chi connectivity index (χ2v) is 7.22. The fourth-order valence-electron chi connectivity index (χ4n) is 4.22. The molecule has 1 atom stereocenters. The third-order valence-corrected chi connectivity index (χ3v) is 5.65. The molecule has 1 amide bonds. The van der Waals surface area contributed by atoms with E-state index in [0.717, 1.165) is 55.1 Å². The van der Waals surface area contributed by atoms with Gasteiger partial charge in [-0.1, -0.05) is 18.6 Å². The number of benzene rings is 1. The molecule has 144 valence electrons. The molecule has 0 aliphatic carbocycles. The van der Waals surface area contributed by atoms with Crippen LogP contribution in [-0.2, 0) is 13.0 Å². The number of fused-ring (bicyclic) bond motifs is 1. The molecule has 1 aromatic heterocycles. The first-order valence-corrected chi connectivity index (χ1v) is 9.65. The number of amides is 1. The molecule has 0 spiro atoms. The van der Waals surface area contributed by atoms with Gasteiger partial charge < -0.3 is 18.9 Å². The molecule has 2 aromatic rings. The monoisotopic (exact) mass is 370 g/mol. The van der Waals surface area contributed by atoms with Crippen LogP contribution in [0.15, 0.2) is 18.2 Å². The fraction of sp³-hybridized carbons (Fsp3) is 0.550. The first kappa shape index (κ1) is 17.8. The molecule has 0 bridgehead atoms. The van der Waals surface area contributed by atoms with Crippen LogP contribution < -0.4 is 9.47 Å². The summed E-state index contributed by atoms with van der Waals surface area (Å²) in [5.74, 6) is 3.13. The molecule has 0 N–H and O–H groups in total. The van der Waals surface area contributed by atoms with Crippen LogP contribution in [0.3, 0.4) is 0 Å². The van der Waals surface area contributed by atoms with E-state index >= 15 is 0 Å². The Morgan fingerprint density at radius 1 is 1.11 bits per heavy atom. The molecule has 1 saturated heterocycles. The maximum Gasteiger partial charge on any atom is 0.291 e. The van der Waals surface area contributed by atoms with E-state index in [1.165, 1.54) is 6.42 Å². The highest BCUT2D eigenvalue weighted by Crippen LogP contribution is 2.39. The average Bonchev–Trinajstić information content (AvgIpc) is 3.28. The van der Waals surface area contributed by atoms with Gasteiger partial charge in [0.1, 0.15) is 5.82 Å². The van der Waals surface area contributed by atoms with Crippen LogP contribution in [0.25, 0.3) is 0 Å². The minimum atomic E-state index is -0.0139. The predicted molar refractivity (Wildman–Crippen MR) is 100 cm³/mol. The lowest BCUT2D eigenvalue weighted by molar-refractivity contribution is 0.0772. The lowest BCUT2D eigenvalue weighted by Crippen LogP contribution is -2.31. The van der Waals surface area contributed by atoms with Crippen molar-refractivity contribution in [1.29, 1.82) is 0 Å². The maximum atomic E-state index is 13.1. The van der Waals surface area contributed by atoms with Crippen molar-refractivity contribution in [3.8, 4) is 11.5 Å². The minimum absolute atomic E-state index is 0.0139. The zero-order valence-corrected chi connectivity index (χ0v) is 16.0. The number of rotatable bonds is 4. The number of methoxy groups -OCH3 is 2. The van der Waals surface area contributed by atoms with Crippen molar-refractivity contribution in [1.82, 2.24) is 19.7 Å². The standard InChI is InChI=1S/C20H26N4O3/c1-26-16-8-6-7-15(18(16)27-2)14-10-12-23(13-14)20(25)19-22-21-17-9-4-3-5-11-24(17)19/h6-8,14H,3-5,9-13H2,1-2H3/t14-/m0/s1. The molecular weight excluding hydrogens is 344 g/mol. The predicted octanol–water partition coefficient (Wildman–Crippen LogP) is 2.65. The van der Waals surface area contributed by atoms with E-state index < -0.39 is 0 Å². The van der Waals surface area contributed by atoms with Crippen LogP contribution in [0.5, 0.6) is 11.5 Å². The van der Waals surface area contributed by atoms with Crippen molar-refractivity contribution in [3.63, 3.8) is 0 Å². The summed E-state index contributed by atoms with van der Waals surface area (Å²) in [5.41, 5.74) is 1.09. The molecule has 0 unspecified atom stereocenters. The van der Waals surface area contributed by atoms with Crippen molar-refractivity contribution >= 4 is 5.91 Å². The van der Waals surface area contributed by atoms with Gasteiger partial charge in [0.15, 0.2) is 11.5 Å². The Balaban J connectivity index is 1.54. The summed E-state index contributed by atoms with van der Waals surface area (Å²) in [5, 5.41) is 8.49. The van der Waals surface area contributed by atoms with Crippen LogP contribution in [0.2, 0.25) is 0 Å². The summed E-state index contributed by atoms with van der Waals surface area (Å²) >= 11 is 0. The van der Waals surface area contributed by atoms with Crippen LogP contribution in [-0.4, -0.2) is 52.9 Å². The number of carbonyl (C=O) groups is 1. The molecule has 27 heavy (non-hydrogen) atoms. The third kappa shape index (κ3) is 3.26. The van der Waals surface area contributed by atoms with Crippen molar-refractivity contribution in [2.45, 2.75) is 44.6 Å². The molecule has 4 rings (SSSR count). The number of ether oxygens (including phenoxy) is 2. The Morgan fingerprint density at radius 3 is 2.81 bits per heavy atom. The number of likely N-dealkylation sites (tertiary alicyclic amines) is 1. The summed E-state index contributed by atoms with van der Waals surface area (Å²) < 4.78 is 13.0. The number of para-hydroxylation sites is 1. The number of aryl methyl sites for hydroxylation is 1. The van der Waals surface area contributed by atoms with E-state index in [4.69, 9.17) is 9.47 Å². The Labute approximate surface area is 159 Å². The summed E-state index contributed by atoms with van der Waals surface area (Å²) in [6.45, 7) is 2.21. The summed E-state index contributed by atoms with van der Waals surface area (Å²) in [4.78, 5) is 15.0. The highest BCUT2D eigenvalue weighted by atomic mass is 16.5. The molecule has 3 heterocycles. The van der Waals surface area contributed by atoms with Gasteiger partial charge in [-0.05, 0) is 25.3 Å². The zero-order valence-electron chi connectivity index (χ0n) is 16.0. The lowest BCUT2D eigenvalue weighted by atomic mass is 9.97. The molecule has 2 aliphatic heterocycles. The molecular formula is C20H26N4O3. The van der Waals surface area contributed by atoms with Gasteiger partial charge in [-0.15, -0.1) is 10.2 Å². The largest absolute Gasteiger partial charge is 0.493 e. The molecule has 0 radical (unpaired) electrons. The Hall–Kier alpha value is -2.57. The number of aromatic nitrogens is 3. The van der Waals surface area contributed by atoms with Crippen LogP contribution in [0, 0.1) is 0 Å². The third-order valence-electron chi connectivity index (χ3n) is 5.65. The van der Waals surface area contributed by atoms with Gasteiger partial charge in [0.05, 0.1) is 14.2 Å². The second-order valence-electron chi connectivity index (χ2n) is 7.22. The van der Waals surface area contributed by atoms with Crippen molar-refractivity contribution < 1.29 is 14.3 Å². The molecule has 2 aliphatic rings. The SMILES string of the molecule is COc1cccc([C@H]2CCN(C(=O)c3nnc4n3CCCCC4)C2)c1OC. The summed E-state index contributed by atoms with van der Waals surface area (Å²) in [6, 6.07) is 5.92. The number of hydrogen-bond acceptors (Lipinski definition) is 5. The van der Waals surface area contributed by atoms with Crippen molar-refractivity contribution in [2.75, 3.05) is 27.3 Å². The zero-order chi connectivity index (χ0) is 18.8. The molecule has 1 aromatic carbocycles. The minimum Gasteiger partial charge on any atom is -0.493 e. The number of nitrogens with zero attached hydrogens (tertiary/aromatic N) is 4. The van der Waals surface area contributed by atoms with Crippen LogP contribution in [0.1, 0.15) is 53.6 Å². The maximum absolute atomic E-state index is 13.1. The second kappa shape index (κ2) is 7.58. The highest BCUT2D eigenvalue weighted by molar-refractivity contribution is 5.91.